The first-order valence-corrected chi connectivity index (χ1v) is 8.31. The number of hydrogen-bond acceptors (Lipinski definition) is 5. The van der Waals surface area contributed by atoms with Gasteiger partial charge in [-0.3, -0.25) is 14.2 Å². The lowest BCUT2D eigenvalue weighted by Crippen LogP contribution is -2.51. The van der Waals surface area contributed by atoms with Crippen molar-refractivity contribution in [3.8, 4) is 5.75 Å². The highest BCUT2D eigenvalue weighted by molar-refractivity contribution is 5.97. The molecule has 26 heavy (non-hydrogen) atoms. The molecule has 2 heterocycles. The minimum atomic E-state index is -0.453. The standard InChI is InChI=1S/C18H20N4O4/c1-26-15-6-3-2-5-14(15)17(24)21-11-9-20(10-12-21)16(23)13-22-8-4-7-19-18(22)25/h2-8H,9-13H2,1H3. The van der Waals surface area contributed by atoms with E-state index in [1.165, 1.54) is 24.1 Å². The molecule has 2 amide bonds. The summed E-state index contributed by atoms with van der Waals surface area (Å²) in [7, 11) is 1.53. The zero-order chi connectivity index (χ0) is 18.5. The molecule has 0 N–H and O–H groups in total. The van der Waals surface area contributed by atoms with E-state index in [2.05, 4.69) is 4.98 Å². The summed E-state index contributed by atoms with van der Waals surface area (Å²) in [5.74, 6) is 0.259. The Hall–Kier alpha value is -3.16. The molecular formula is C18H20N4O4. The highest BCUT2D eigenvalue weighted by Crippen LogP contribution is 2.20. The monoisotopic (exact) mass is 356 g/mol. The number of amides is 2. The average Bonchev–Trinajstić information content (AvgIpc) is 2.69. The highest BCUT2D eigenvalue weighted by Gasteiger charge is 2.26. The van der Waals surface area contributed by atoms with Crippen molar-refractivity contribution in [2.24, 2.45) is 0 Å². The predicted molar refractivity (Wildman–Crippen MR) is 94.0 cm³/mol. The Morgan fingerprint density at radius 2 is 1.77 bits per heavy atom. The van der Waals surface area contributed by atoms with Crippen LogP contribution >= 0.6 is 0 Å². The maximum atomic E-state index is 12.7. The van der Waals surface area contributed by atoms with E-state index in [0.717, 1.165) is 0 Å². The zero-order valence-corrected chi connectivity index (χ0v) is 14.5. The Morgan fingerprint density at radius 1 is 1.08 bits per heavy atom. The van der Waals surface area contributed by atoms with Crippen LogP contribution in [0, 0.1) is 0 Å². The van der Waals surface area contributed by atoms with Gasteiger partial charge in [0.05, 0.1) is 12.7 Å². The number of methoxy groups -OCH3 is 1. The van der Waals surface area contributed by atoms with Crippen molar-refractivity contribution in [3.63, 3.8) is 0 Å². The van der Waals surface area contributed by atoms with Gasteiger partial charge in [0.15, 0.2) is 0 Å². The lowest BCUT2D eigenvalue weighted by molar-refractivity contribution is -0.133. The van der Waals surface area contributed by atoms with Crippen molar-refractivity contribution in [1.82, 2.24) is 19.4 Å². The van der Waals surface area contributed by atoms with Crippen LogP contribution in [0.5, 0.6) is 5.75 Å². The molecule has 1 aromatic carbocycles. The molecule has 0 spiro atoms. The minimum Gasteiger partial charge on any atom is -0.496 e. The van der Waals surface area contributed by atoms with Gasteiger partial charge in [-0.2, -0.15) is 0 Å². The second kappa shape index (κ2) is 7.81. The van der Waals surface area contributed by atoms with Crippen LogP contribution in [0.15, 0.2) is 47.5 Å². The van der Waals surface area contributed by atoms with Gasteiger partial charge >= 0.3 is 5.69 Å². The number of ether oxygens (including phenoxy) is 1. The largest absolute Gasteiger partial charge is 0.496 e. The molecule has 1 aliphatic rings. The summed E-state index contributed by atoms with van der Waals surface area (Å²) in [4.78, 5) is 43.7. The van der Waals surface area contributed by atoms with Gasteiger partial charge in [0, 0.05) is 38.6 Å². The summed E-state index contributed by atoms with van der Waals surface area (Å²) >= 11 is 0. The SMILES string of the molecule is COc1ccccc1C(=O)N1CCN(C(=O)Cn2cccnc2=O)CC1. The van der Waals surface area contributed by atoms with Gasteiger partial charge in [-0.05, 0) is 18.2 Å². The maximum Gasteiger partial charge on any atom is 0.347 e. The van der Waals surface area contributed by atoms with Gasteiger partial charge in [0.25, 0.3) is 5.91 Å². The average molecular weight is 356 g/mol. The van der Waals surface area contributed by atoms with Crippen molar-refractivity contribution >= 4 is 11.8 Å². The number of piperazine rings is 1. The Kier molecular flexibility index (Phi) is 5.31. The first-order chi connectivity index (χ1) is 12.6. The number of aromatic nitrogens is 2. The molecule has 2 aromatic rings. The van der Waals surface area contributed by atoms with E-state index in [1.54, 1.807) is 34.1 Å². The first-order valence-electron chi connectivity index (χ1n) is 8.31. The zero-order valence-electron chi connectivity index (χ0n) is 14.5. The Bertz CT molecular complexity index is 856. The number of benzene rings is 1. The molecule has 0 saturated carbocycles. The molecule has 0 bridgehead atoms. The third kappa shape index (κ3) is 3.74. The van der Waals surface area contributed by atoms with Crippen molar-refractivity contribution in [2.45, 2.75) is 6.54 Å². The Balaban J connectivity index is 1.60. The van der Waals surface area contributed by atoms with Crippen LogP contribution < -0.4 is 10.4 Å². The Labute approximate surface area is 150 Å². The van der Waals surface area contributed by atoms with Crippen molar-refractivity contribution in [3.05, 3.63) is 58.8 Å². The molecule has 0 aliphatic carbocycles. The molecule has 8 heteroatoms. The van der Waals surface area contributed by atoms with E-state index >= 15 is 0 Å². The van der Waals surface area contributed by atoms with E-state index < -0.39 is 5.69 Å². The topological polar surface area (TPSA) is 84.7 Å². The lowest BCUT2D eigenvalue weighted by atomic mass is 10.1. The summed E-state index contributed by atoms with van der Waals surface area (Å²) < 4.78 is 6.52. The van der Waals surface area contributed by atoms with Crippen molar-refractivity contribution < 1.29 is 14.3 Å². The fourth-order valence-corrected chi connectivity index (χ4v) is 2.90. The van der Waals surface area contributed by atoms with Crippen LogP contribution in [-0.2, 0) is 11.3 Å². The fraction of sp³-hybridized carbons (Fsp3) is 0.333. The van der Waals surface area contributed by atoms with Crippen molar-refractivity contribution in [2.75, 3.05) is 33.3 Å². The molecule has 136 valence electrons. The number of nitrogens with zero attached hydrogens (tertiary/aromatic N) is 4. The molecule has 0 radical (unpaired) electrons. The minimum absolute atomic E-state index is 0.0485. The number of hydrogen-bond donors (Lipinski definition) is 0. The van der Waals surface area contributed by atoms with E-state index in [-0.39, 0.29) is 18.4 Å². The number of carbonyl (C=O) groups is 2. The molecule has 0 unspecified atom stereocenters. The summed E-state index contributed by atoms with van der Waals surface area (Å²) in [6.07, 6.45) is 2.93. The second-order valence-electron chi connectivity index (χ2n) is 5.90. The molecule has 1 aromatic heterocycles. The molecule has 1 fully saturated rings. The van der Waals surface area contributed by atoms with E-state index in [9.17, 15) is 14.4 Å². The van der Waals surface area contributed by atoms with Gasteiger partial charge in [-0.1, -0.05) is 12.1 Å². The van der Waals surface area contributed by atoms with Crippen LogP contribution in [0.25, 0.3) is 0 Å². The van der Waals surface area contributed by atoms with Crippen molar-refractivity contribution in [1.29, 1.82) is 0 Å². The normalized spacial score (nSPS) is 14.2. The summed E-state index contributed by atoms with van der Waals surface area (Å²) in [6, 6.07) is 8.69. The third-order valence-electron chi connectivity index (χ3n) is 4.35. The van der Waals surface area contributed by atoms with Crippen LogP contribution in [0.2, 0.25) is 0 Å². The quantitative estimate of drug-likeness (QED) is 0.783. The van der Waals surface area contributed by atoms with Crippen LogP contribution in [0.3, 0.4) is 0 Å². The molecule has 3 rings (SSSR count). The van der Waals surface area contributed by atoms with E-state index in [0.29, 0.717) is 37.5 Å². The second-order valence-corrected chi connectivity index (χ2v) is 5.90. The molecule has 1 saturated heterocycles. The van der Waals surface area contributed by atoms with Crippen LogP contribution in [0.1, 0.15) is 10.4 Å². The predicted octanol–water partition coefficient (Wildman–Crippen LogP) is 0.236. The van der Waals surface area contributed by atoms with Gasteiger partial charge in [0.1, 0.15) is 12.3 Å². The highest BCUT2D eigenvalue weighted by atomic mass is 16.5. The smallest absolute Gasteiger partial charge is 0.347 e. The number of carbonyl (C=O) groups excluding carboxylic acids is 2. The summed E-state index contributed by atoms with van der Waals surface area (Å²) in [6.45, 7) is 1.67. The number of rotatable bonds is 4. The van der Waals surface area contributed by atoms with Crippen LogP contribution in [0.4, 0.5) is 0 Å². The van der Waals surface area contributed by atoms with Gasteiger partial charge in [-0.15, -0.1) is 0 Å². The van der Waals surface area contributed by atoms with E-state index in [1.807, 2.05) is 6.07 Å². The maximum absolute atomic E-state index is 12.7. The summed E-state index contributed by atoms with van der Waals surface area (Å²) in [5.41, 5.74) is 0.0579. The Morgan fingerprint density at radius 3 is 2.46 bits per heavy atom. The fourth-order valence-electron chi connectivity index (χ4n) is 2.90. The third-order valence-corrected chi connectivity index (χ3v) is 4.35. The van der Waals surface area contributed by atoms with Crippen LogP contribution in [-0.4, -0.2) is 64.5 Å². The number of para-hydroxylation sites is 1. The molecule has 0 atom stereocenters. The molecular weight excluding hydrogens is 336 g/mol. The molecule has 8 nitrogen and oxygen atoms in total. The lowest BCUT2D eigenvalue weighted by Gasteiger charge is -2.35. The van der Waals surface area contributed by atoms with Gasteiger partial charge in [-0.25, -0.2) is 9.78 Å². The first kappa shape index (κ1) is 17.7. The van der Waals surface area contributed by atoms with Gasteiger partial charge < -0.3 is 14.5 Å². The van der Waals surface area contributed by atoms with E-state index in [4.69, 9.17) is 4.74 Å². The summed E-state index contributed by atoms with van der Waals surface area (Å²) in [5, 5.41) is 0. The molecule has 1 aliphatic heterocycles. The van der Waals surface area contributed by atoms with Gasteiger partial charge in [0.2, 0.25) is 5.91 Å².